The molecule has 6 nitrogen and oxygen atoms in total. The van der Waals surface area contributed by atoms with Crippen LogP contribution in [0.1, 0.15) is 23.7 Å². The Labute approximate surface area is 141 Å². The highest BCUT2D eigenvalue weighted by Gasteiger charge is 2.18. The molecule has 2 N–H and O–H groups in total. The number of methoxy groups -OCH3 is 2. The van der Waals surface area contributed by atoms with Crippen molar-refractivity contribution in [3.63, 3.8) is 0 Å². The van der Waals surface area contributed by atoms with Crippen molar-refractivity contribution in [3.05, 3.63) is 42.0 Å². The Hall–Kier alpha value is -2.89. The largest absolute Gasteiger partial charge is 0.508 e. The fourth-order valence-corrected chi connectivity index (χ4v) is 2.20. The summed E-state index contributed by atoms with van der Waals surface area (Å²) in [5.74, 6) is 0.938. The first-order valence-electron chi connectivity index (χ1n) is 7.58. The summed E-state index contributed by atoms with van der Waals surface area (Å²) in [5.41, 5.74) is 0.808. The predicted octanol–water partition coefficient (Wildman–Crippen LogP) is 3.45. The van der Waals surface area contributed by atoms with Gasteiger partial charge in [0.25, 0.3) is 5.91 Å². The van der Waals surface area contributed by atoms with Gasteiger partial charge in [0.2, 0.25) is 0 Å². The van der Waals surface area contributed by atoms with E-state index < -0.39 is 0 Å². The van der Waals surface area contributed by atoms with Gasteiger partial charge in [0.05, 0.1) is 32.1 Å². The molecule has 0 aliphatic rings. The summed E-state index contributed by atoms with van der Waals surface area (Å²) in [6, 6.07) is 9.60. The van der Waals surface area contributed by atoms with Gasteiger partial charge in [-0.1, -0.05) is 13.0 Å². The van der Waals surface area contributed by atoms with Crippen LogP contribution in [0, 0.1) is 0 Å². The van der Waals surface area contributed by atoms with Gasteiger partial charge < -0.3 is 24.6 Å². The van der Waals surface area contributed by atoms with Crippen molar-refractivity contribution in [2.45, 2.75) is 13.3 Å². The zero-order chi connectivity index (χ0) is 17.5. The van der Waals surface area contributed by atoms with Crippen molar-refractivity contribution in [3.8, 4) is 23.0 Å². The zero-order valence-electron chi connectivity index (χ0n) is 14.0. The second kappa shape index (κ2) is 8.10. The van der Waals surface area contributed by atoms with Crippen molar-refractivity contribution in [1.29, 1.82) is 0 Å². The van der Waals surface area contributed by atoms with Crippen LogP contribution in [-0.4, -0.2) is 31.8 Å². The summed E-state index contributed by atoms with van der Waals surface area (Å²) >= 11 is 0. The molecule has 2 aromatic rings. The molecule has 0 unspecified atom stereocenters. The average Bonchev–Trinajstić information content (AvgIpc) is 2.60. The summed E-state index contributed by atoms with van der Waals surface area (Å²) in [4.78, 5) is 12.6. The molecule has 0 fully saturated rings. The molecule has 0 aliphatic carbocycles. The van der Waals surface area contributed by atoms with Gasteiger partial charge in [0.1, 0.15) is 11.5 Å². The highest BCUT2D eigenvalue weighted by Crippen LogP contribution is 2.33. The SMILES string of the molecule is CCCOc1cc(O)ccc1NC(=O)c1cccc(OC)c1OC. The number of amides is 1. The van der Waals surface area contributed by atoms with Crippen molar-refractivity contribution in [2.75, 3.05) is 26.1 Å². The lowest BCUT2D eigenvalue weighted by Crippen LogP contribution is -2.14. The van der Waals surface area contributed by atoms with Crippen LogP contribution < -0.4 is 19.5 Å². The maximum Gasteiger partial charge on any atom is 0.259 e. The number of hydrogen-bond acceptors (Lipinski definition) is 5. The first-order valence-corrected chi connectivity index (χ1v) is 7.58. The molecule has 6 heteroatoms. The number of carbonyl (C=O) groups is 1. The number of aromatic hydroxyl groups is 1. The molecule has 0 bridgehead atoms. The number of para-hydroxylation sites is 1. The standard InChI is InChI=1S/C18H21NO5/c1-4-10-24-16-11-12(20)8-9-14(16)19-18(21)13-6-5-7-15(22-2)17(13)23-3/h5-9,11,20H,4,10H2,1-3H3,(H,19,21). The molecule has 2 rings (SSSR count). The Kier molecular flexibility index (Phi) is 5.89. The van der Waals surface area contributed by atoms with Crippen molar-refractivity contribution in [2.24, 2.45) is 0 Å². The molecule has 24 heavy (non-hydrogen) atoms. The number of hydrogen-bond donors (Lipinski definition) is 2. The lowest BCUT2D eigenvalue weighted by atomic mass is 10.1. The lowest BCUT2D eigenvalue weighted by Gasteiger charge is -2.15. The summed E-state index contributed by atoms with van der Waals surface area (Å²) in [5, 5.41) is 12.4. The minimum Gasteiger partial charge on any atom is -0.508 e. The number of benzene rings is 2. The van der Waals surface area contributed by atoms with E-state index in [9.17, 15) is 9.90 Å². The van der Waals surface area contributed by atoms with E-state index in [1.54, 1.807) is 24.3 Å². The van der Waals surface area contributed by atoms with Gasteiger partial charge in [-0.15, -0.1) is 0 Å². The van der Waals surface area contributed by atoms with Crippen LogP contribution in [0.15, 0.2) is 36.4 Å². The fourth-order valence-electron chi connectivity index (χ4n) is 2.20. The number of rotatable bonds is 7. The molecule has 0 heterocycles. The van der Waals surface area contributed by atoms with Crippen molar-refractivity contribution in [1.82, 2.24) is 0 Å². The Morgan fingerprint density at radius 3 is 2.58 bits per heavy atom. The van der Waals surface area contributed by atoms with Crippen LogP contribution in [0.2, 0.25) is 0 Å². The van der Waals surface area contributed by atoms with E-state index in [0.29, 0.717) is 35.1 Å². The number of carbonyl (C=O) groups excluding carboxylic acids is 1. The maximum atomic E-state index is 12.6. The summed E-state index contributed by atoms with van der Waals surface area (Å²) < 4.78 is 16.1. The third kappa shape index (κ3) is 3.90. The molecule has 1 amide bonds. The van der Waals surface area contributed by atoms with Gasteiger partial charge in [-0.2, -0.15) is 0 Å². The predicted molar refractivity (Wildman–Crippen MR) is 91.4 cm³/mol. The molecule has 0 radical (unpaired) electrons. The molecule has 128 valence electrons. The minimum atomic E-state index is -0.363. The van der Waals surface area contributed by atoms with Crippen LogP contribution in [-0.2, 0) is 0 Å². The quantitative estimate of drug-likeness (QED) is 0.760. The monoisotopic (exact) mass is 331 g/mol. The second-order valence-corrected chi connectivity index (χ2v) is 5.02. The lowest BCUT2D eigenvalue weighted by molar-refractivity contribution is 0.102. The van der Waals surface area contributed by atoms with E-state index in [1.807, 2.05) is 6.92 Å². The van der Waals surface area contributed by atoms with Crippen molar-refractivity contribution >= 4 is 11.6 Å². The molecule has 0 atom stereocenters. The van der Waals surface area contributed by atoms with E-state index >= 15 is 0 Å². The molecule has 0 saturated carbocycles. The molecule has 0 saturated heterocycles. The number of phenols is 1. The van der Waals surface area contributed by atoms with Crippen LogP contribution in [0.25, 0.3) is 0 Å². The average molecular weight is 331 g/mol. The first kappa shape index (κ1) is 17.5. The smallest absolute Gasteiger partial charge is 0.259 e. The van der Waals surface area contributed by atoms with Gasteiger partial charge in [-0.05, 0) is 30.7 Å². The summed E-state index contributed by atoms with van der Waals surface area (Å²) in [6.07, 6.45) is 0.812. The van der Waals surface area contributed by atoms with Crippen LogP contribution in [0.5, 0.6) is 23.0 Å². The molecule has 0 spiro atoms. The van der Waals surface area contributed by atoms with E-state index in [0.717, 1.165) is 6.42 Å². The van der Waals surface area contributed by atoms with E-state index in [4.69, 9.17) is 14.2 Å². The number of nitrogens with one attached hydrogen (secondary N) is 1. The molecule has 2 aromatic carbocycles. The molecule has 0 aliphatic heterocycles. The van der Waals surface area contributed by atoms with E-state index in [-0.39, 0.29) is 11.7 Å². The minimum absolute atomic E-state index is 0.0677. The number of anilines is 1. The second-order valence-electron chi connectivity index (χ2n) is 5.02. The topological polar surface area (TPSA) is 77.0 Å². The van der Waals surface area contributed by atoms with Gasteiger partial charge in [0.15, 0.2) is 11.5 Å². The summed E-state index contributed by atoms with van der Waals surface area (Å²) in [6.45, 7) is 2.46. The normalized spacial score (nSPS) is 10.1. The van der Waals surface area contributed by atoms with E-state index in [1.165, 1.54) is 26.4 Å². The Morgan fingerprint density at radius 2 is 1.92 bits per heavy atom. The first-order chi connectivity index (χ1) is 11.6. The third-order valence-electron chi connectivity index (χ3n) is 3.32. The molecular weight excluding hydrogens is 310 g/mol. The molecular formula is C18H21NO5. The maximum absolute atomic E-state index is 12.6. The van der Waals surface area contributed by atoms with Crippen molar-refractivity contribution < 1.29 is 24.1 Å². The van der Waals surface area contributed by atoms with Gasteiger partial charge in [-0.25, -0.2) is 0 Å². The number of ether oxygens (including phenoxy) is 3. The van der Waals surface area contributed by atoms with Crippen LogP contribution in [0.4, 0.5) is 5.69 Å². The van der Waals surface area contributed by atoms with Gasteiger partial charge >= 0.3 is 0 Å². The Balaban J connectivity index is 2.30. The number of phenolic OH excluding ortho intramolecular Hbond substituents is 1. The third-order valence-corrected chi connectivity index (χ3v) is 3.32. The fraction of sp³-hybridized carbons (Fsp3) is 0.278. The highest BCUT2D eigenvalue weighted by molar-refractivity contribution is 6.07. The summed E-state index contributed by atoms with van der Waals surface area (Å²) in [7, 11) is 2.99. The Morgan fingerprint density at radius 1 is 1.12 bits per heavy atom. The van der Waals surface area contributed by atoms with Crippen LogP contribution >= 0.6 is 0 Å². The van der Waals surface area contributed by atoms with Gasteiger partial charge in [-0.3, -0.25) is 4.79 Å². The Bertz CT molecular complexity index is 715. The zero-order valence-corrected chi connectivity index (χ0v) is 14.0. The van der Waals surface area contributed by atoms with Crippen LogP contribution in [0.3, 0.4) is 0 Å². The highest BCUT2D eigenvalue weighted by atomic mass is 16.5. The molecule has 0 aromatic heterocycles. The van der Waals surface area contributed by atoms with Gasteiger partial charge in [0, 0.05) is 6.07 Å². The van der Waals surface area contributed by atoms with E-state index in [2.05, 4.69) is 5.32 Å².